The van der Waals surface area contributed by atoms with E-state index in [4.69, 9.17) is 5.73 Å². The van der Waals surface area contributed by atoms with Crippen molar-refractivity contribution in [2.24, 2.45) is 5.73 Å². The summed E-state index contributed by atoms with van der Waals surface area (Å²) in [7, 11) is 0. The van der Waals surface area contributed by atoms with E-state index in [2.05, 4.69) is 44.5 Å². The van der Waals surface area contributed by atoms with E-state index in [1.807, 2.05) is 0 Å². The molecule has 0 aliphatic rings. The van der Waals surface area contributed by atoms with Gasteiger partial charge in [-0.3, -0.25) is 0 Å². The molecule has 0 aliphatic heterocycles. The molecule has 2 heteroatoms. The van der Waals surface area contributed by atoms with Crippen LogP contribution in [0, 0.1) is 0 Å². The van der Waals surface area contributed by atoms with Crippen LogP contribution in [0.1, 0.15) is 33.3 Å². The highest BCUT2D eigenvalue weighted by Gasteiger charge is 2.35. The van der Waals surface area contributed by atoms with Gasteiger partial charge in [0.25, 0.3) is 0 Å². The summed E-state index contributed by atoms with van der Waals surface area (Å²) in [6.07, 6.45) is 0. The van der Waals surface area contributed by atoms with Gasteiger partial charge in [0.05, 0.1) is 0 Å². The molecule has 1 nitrogen and oxygen atoms in total. The summed E-state index contributed by atoms with van der Waals surface area (Å²) < 4.78 is 0. The zero-order valence-corrected chi connectivity index (χ0v) is 9.03. The normalized spacial score (nSPS) is 13.4. The molecular formula is C10H17NS. The van der Waals surface area contributed by atoms with Crippen LogP contribution in [0.3, 0.4) is 0 Å². The van der Waals surface area contributed by atoms with Crippen molar-refractivity contribution in [1.29, 1.82) is 0 Å². The Morgan fingerprint density at radius 2 is 1.83 bits per heavy atom. The molecule has 0 atom stereocenters. The van der Waals surface area contributed by atoms with Crippen molar-refractivity contribution in [3.05, 3.63) is 22.4 Å². The zero-order valence-electron chi connectivity index (χ0n) is 8.22. The van der Waals surface area contributed by atoms with Gasteiger partial charge in [-0.25, -0.2) is 0 Å². The molecule has 0 fully saturated rings. The molecule has 1 aromatic heterocycles. The van der Waals surface area contributed by atoms with E-state index in [0.717, 1.165) is 0 Å². The second-order valence-electron chi connectivity index (χ2n) is 4.36. The first-order chi connectivity index (χ1) is 5.36. The Morgan fingerprint density at radius 1 is 1.25 bits per heavy atom. The molecule has 2 N–H and O–H groups in total. The SMILES string of the molecule is CC(C)(N)C(C)(C)c1ccsc1. The summed E-state index contributed by atoms with van der Waals surface area (Å²) in [6.45, 7) is 8.53. The van der Waals surface area contributed by atoms with Crippen LogP contribution in [-0.2, 0) is 5.41 Å². The lowest BCUT2D eigenvalue weighted by atomic mass is 9.71. The van der Waals surface area contributed by atoms with Crippen LogP contribution in [0.25, 0.3) is 0 Å². The van der Waals surface area contributed by atoms with Crippen LogP contribution in [0.4, 0.5) is 0 Å². The number of nitrogens with two attached hydrogens (primary N) is 1. The van der Waals surface area contributed by atoms with E-state index < -0.39 is 0 Å². The molecule has 0 unspecified atom stereocenters. The maximum Gasteiger partial charge on any atom is 0.0189 e. The first-order valence-corrected chi connectivity index (χ1v) is 5.11. The van der Waals surface area contributed by atoms with Crippen molar-refractivity contribution in [3.63, 3.8) is 0 Å². The van der Waals surface area contributed by atoms with Crippen molar-refractivity contribution in [3.8, 4) is 0 Å². The molecule has 1 rings (SSSR count). The van der Waals surface area contributed by atoms with Gasteiger partial charge in [-0.15, -0.1) is 0 Å². The molecule has 0 aromatic carbocycles. The lowest BCUT2D eigenvalue weighted by molar-refractivity contribution is 0.307. The fourth-order valence-corrected chi connectivity index (χ4v) is 1.82. The minimum atomic E-state index is -0.173. The van der Waals surface area contributed by atoms with E-state index in [1.165, 1.54) is 5.56 Å². The van der Waals surface area contributed by atoms with Gasteiger partial charge >= 0.3 is 0 Å². The smallest absolute Gasteiger partial charge is 0.0189 e. The Bertz CT molecular complexity index is 241. The third-order valence-electron chi connectivity index (χ3n) is 2.85. The zero-order chi connectivity index (χ0) is 9.41. The molecule has 0 spiro atoms. The van der Waals surface area contributed by atoms with E-state index >= 15 is 0 Å². The van der Waals surface area contributed by atoms with Gasteiger partial charge in [0, 0.05) is 11.0 Å². The average Bonchev–Trinajstić information content (AvgIpc) is 2.34. The van der Waals surface area contributed by atoms with Gasteiger partial charge in [-0.05, 0) is 36.2 Å². The maximum absolute atomic E-state index is 6.11. The quantitative estimate of drug-likeness (QED) is 0.749. The number of hydrogen-bond donors (Lipinski definition) is 1. The Kier molecular flexibility index (Phi) is 2.32. The third-order valence-corrected chi connectivity index (χ3v) is 3.54. The first-order valence-electron chi connectivity index (χ1n) is 4.17. The molecule has 0 saturated heterocycles. The van der Waals surface area contributed by atoms with Crippen molar-refractivity contribution in [2.45, 2.75) is 38.6 Å². The van der Waals surface area contributed by atoms with E-state index in [0.29, 0.717) is 0 Å². The third kappa shape index (κ3) is 1.54. The highest BCUT2D eigenvalue weighted by atomic mass is 32.1. The lowest BCUT2D eigenvalue weighted by Gasteiger charge is -2.38. The Hall–Kier alpha value is -0.340. The highest BCUT2D eigenvalue weighted by Crippen LogP contribution is 2.33. The second-order valence-corrected chi connectivity index (χ2v) is 5.14. The molecule has 12 heavy (non-hydrogen) atoms. The summed E-state index contributed by atoms with van der Waals surface area (Å²) in [5, 5.41) is 4.28. The van der Waals surface area contributed by atoms with E-state index in [1.54, 1.807) is 11.3 Å². The number of rotatable bonds is 2. The molecule has 1 heterocycles. The lowest BCUT2D eigenvalue weighted by Crippen LogP contribution is -2.50. The van der Waals surface area contributed by atoms with Crippen molar-refractivity contribution < 1.29 is 0 Å². The number of hydrogen-bond acceptors (Lipinski definition) is 2. The van der Waals surface area contributed by atoms with Crippen molar-refractivity contribution >= 4 is 11.3 Å². The number of thiophene rings is 1. The topological polar surface area (TPSA) is 26.0 Å². The molecule has 0 bridgehead atoms. The Labute approximate surface area is 78.6 Å². The molecule has 1 aromatic rings. The average molecular weight is 183 g/mol. The minimum absolute atomic E-state index is 0.0486. The molecule has 68 valence electrons. The fourth-order valence-electron chi connectivity index (χ4n) is 0.992. The summed E-state index contributed by atoms with van der Waals surface area (Å²) in [4.78, 5) is 0. The molecule has 0 radical (unpaired) electrons. The fraction of sp³-hybridized carbons (Fsp3) is 0.600. The standard InChI is InChI=1S/C10H17NS/c1-9(2,10(3,4)11)8-5-6-12-7-8/h5-7H,11H2,1-4H3. The molecule has 0 aliphatic carbocycles. The van der Waals surface area contributed by atoms with Crippen LogP contribution < -0.4 is 5.73 Å². The molecular weight excluding hydrogens is 166 g/mol. The predicted molar refractivity (Wildman–Crippen MR) is 55.6 cm³/mol. The van der Waals surface area contributed by atoms with Gasteiger partial charge in [0.15, 0.2) is 0 Å². The van der Waals surface area contributed by atoms with Gasteiger partial charge in [-0.1, -0.05) is 13.8 Å². The largest absolute Gasteiger partial charge is 0.325 e. The van der Waals surface area contributed by atoms with Gasteiger partial charge in [0.1, 0.15) is 0 Å². The van der Waals surface area contributed by atoms with E-state index in [9.17, 15) is 0 Å². The summed E-state index contributed by atoms with van der Waals surface area (Å²) in [5.74, 6) is 0. The van der Waals surface area contributed by atoms with Crippen LogP contribution >= 0.6 is 11.3 Å². The van der Waals surface area contributed by atoms with Gasteiger partial charge in [-0.2, -0.15) is 11.3 Å². The minimum Gasteiger partial charge on any atom is -0.325 e. The highest BCUT2D eigenvalue weighted by molar-refractivity contribution is 7.08. The van der Waals surface area contributed by atoms with Gasteiger partial charge in [0.2, 0.25) is 0 Å². The predicted octanol–water partition coefficient (Wildman–Crippen LogP) is 2.76. The van der Waals surface area contributed by atoms with Crippen molar-refractivity contribution in [1.82, 2.24) is 0 Å². The summed E-state index contributed by atoms with van der Waals surface area (Å²) in [5.41, 5.74) is 7.32. The first kappa shape index (κ1) is 9.75. The van der Waals surface area contributed by atoms with Crippen LogP contribution in [0.2, 0.25) is 0 Å². The summed E-state index contributed by atoms with van der Waals surface area (Å²) in [6, 6.07) is 2.15. The van der Waals surface area contributed by atoms with Gasteiger partial charge < -0.3 is 5.73 Å². The molecule has 0 amide bonds. The van der Waals surface area contributed by atoms with Crippen LogP contribution in [-0.4, -0.2) is 5.54 Å². The Morgan fingerprint density at radius 3 is 2.17 bits per heavy atom. The van der Waals surface area contributed by atoms with Crippen LogP contribution in [0.15, 0.2) is 16.8 Å². The second kappa shape index (κ2) is 2.86. The summed E-state index contributed by atoms with van der Waals surface area (Å²) >= 11 is 1.73. The molecule has 0 saturated carbocycles. The monoisotopic (exact) mass is 183 g/mol. The van der Waals surface area contributed by atoms with E-state index in [-0.39, 0.29) is 11.0 Å². The maximum atomic E-state index is 6.11. The Balaban J connectivity index is 3.02. The van der Waals surface area contributed by atoms with Crippen molar-refractivity contribution in [2.75, 3.05) is 0 Å². The van der Waals surface area contributed by atoms with Crippen LogP contribution in [0.5, 0.6) is 0 Å².